The number of Topliss-reactive ketones (excluding diaryl/α,β-unsaturated/α-hetero) is 1. The number of allylic oxidation sites excluding steroid dienone is 2. The molecule has 0 N–H and O–H groups in total. The van der Waals surface area contributed by atoms with Gasteiger partial charge in [0.1, 0.15) is 5.78 Å². The van der Waals surface area contributed by atoms with E-state index in [0.29, 0.717) is 17.6 Å². The molecule has 0 radical (unpaired) electrons. The Morgan fingerprint density at radius 2 is 2.14 bits per heavy atom. The number of fused-ring (bicyclic) bond motifs is 2. The summed E-state index contributed by atoms with van der Waals surface area (Å²) in [5.41, 5.74) is 1.61. The zero-order valence-corrected chi connectivity index (χ0v) is 9.42. The molecule has 2 rings (SSSR count). The second kappa shape index (κ2) is 3.52. The summed E-state index contributed by atoms with van der Waals surface area (Å²) in [5.74, 6) is 2.56. The normalized spacial score (nSPS) is 38.6. The smallest absolute Gasteiger partial charge is 0.138 e. The van der Waals surface area contributed by atoms with E-state index in [-0.39, 0.29) is 5.92 Å². The first-order valence-electron chi connectivity index (χ1n) is 5.82. The van der Waals surface area contributed by atoms with Crippen LogP contribution < -0.4 is 0 Å². The van der Waals surface area contributed by atoms with E-state index in [2.05, 4.69) is 13.0 Å². The van der Waals surface area contributed by atoms with Crippen molar-refractivity contribution >= 4 is 5.78 Å². The van der Waals surface area contributed by atoms with Crippen molar-refractivity contribution in [3.8, 4) is 0 Å². The maximum absolute atomic E-state index is 11.9. The predicted octanol–water partition coefficient (Wildman–Crippen LogP) is 3.20. The fraction of sp³-hybridized carbons (Fsp3) is 0.769. The lowest BCUT2D eigenvalue weighted by Gasteiger charge is -2.23. The minimum Gasteiger partial charge on any atom is -0.299 e. The summed E-state index contributed by atoms with van der Waals surface area (Å²) < 4.78 is 0. The van der Waals surface area contributed by atoms with Crippen LogP contribution in [0.5, 0.6) is 0 Å². The molecule has 0 saturated heterocycles. The number of ketones is 1. The number of hydrogen-bond acceptors (Lipinski definition) is 1. The zero-order valence-electron chi connectivity index (χ0n) is 9.42. The van der Waals surface area contributed by atoms with Crippen LogP contribution in [0, 0.1) is 23.7 Å². The van der Waals surface area contributed by atoms with Crippen molar-refractivity contribution in [1.29, 1.82) is 0 Å². The van der Waals surface area contributed by atoms with Crippen LogP contribution in [-0.4, -0.2) is 5.78 Å². The molecule has 0 aromatic carbocycles. The quantitative estimate of drug-likeness (QED) is 0.614. The van der Waals surface area contributed by atoms with Gasteiger partial charge in [-0.1, -0.05) is 25.5 Å². The Balaban J connectivity index is 2.07. The molecule has 0 spiro atoms. The van der Waals surface area contributed by atoms with Crippen LogP contribution in [-0.2, 0) is 4.79 Å². The topological polar surface area (TPSA) is 17.1 Å². The van der Waals surface area contributed by atoms with Gasteiger partial charge in [-0.25, -0.2) is 0 Å². The third-order valence-corrected chi connectivity index (χ3v) is 4.02. The molecule has 2 aliphatic rings. The van der Waals surface area contributed by atoms with E-state index >= 15 is 0 Å². The van der Waals surface area contributed by atoms with E-state index in [1.807, 2.05) is 13.8 Å². The summed E-state index contributed by atoms with van der Waals surface area (Å²) in [4.78, 5) is 11.9. The number of carbonyl (C=O) groups is 1. The molecular formula is C13H20O. The standard InChI is InChI=1S/C13H20O/c1-4-9-5-11-6-10(9)7-12(11)13(14)8(2)3/h4,8,10-12H,5-7H2,1-3H3. The molecule has 1 nitrogen and oxygen atoms in total. The Bertz CT molecular complexity index is 275. The maximum Gasteiger partial charge on any atom is 0.138 e. The van der Waals surface area contributed by atoms with Gasteiger partial charge >= 0.3 is 0 Å². The molecule has 2 aliphatic carbocycles. The first kappa shape index (κ1) is 9.95. The summed E-state index contributed by atoms with van der Waals surface area (Å²) in [6, 6.07) is 0. The van der Waals surface area contributed by atoms with E-state index in [1.54, 1.807) is 5.57 Å². The van der Waals surface area contributed by atoms with E-state index in [0.717, 1.165) is 12.3 Å². The Kier molecular flexibility index (Phi) is 2.50. The molecule has 0 aliphatic heterocycles. The average Bonchev–Trinajstić information content (AvgIpc) is 2.74. The highest BCUT2D eigenvalue weighted by Crippen LogP contribution is 2.52. The average molecular weight is 192 g/mol. The molecule has 3 atom stereocenters. The molecule has 2 saturated carbocycles. The molecule has 0 heterocycles. The van der Waals surface area contributed by atoms with Crippen molar-refractivity contribution in [3.63, 3.8) is 0 Å². The van der Waals surface area contributed by atoms with Gasteiger partial charge < -0.3 is 0 Å². The van der Waals surface area contributed by atoms with Crippen molar-refractivity contribution in [2.24, 2.45) is 23.7 Å². The predicted molar refractivity (Wildman–Crippen MR) is 57.9 cm³/mol. The van der Waals surface area contributed by atoms with Crippen LogP contribution in [0.2, 0.25) is 0 Å². The molecule has 0 amide bonds. The second-order valence-electron chi connectivity index (χ2n) is 5.16. The van der Waals surface area contributed by atoms with Gasteiger partial charge in [-0.2, -0.15) is 0 Å². The highest BCUT2D eigenvalue weighted by molar-refractivity contribution is 5.83. The van der Waals surface area contributed by atoms with E-state index in [9.17, 15) is 4.79 Å². The third kappa shape index (κ3) is 1.43. The lowest BCUT2D eigenvalue weighted by atomic mass is 9.80. The van der Waals surface area contributed by atoms with Gasteiger partial charge in [0.25, 0.3) is 0 Å². The van der Waals surface area contributed by atoms with Gasteiger partial charge in [-0.15, -0.1) is 0 Å². The molecule has 78 valence electrons. The lowest BCUT2D eigenvalue weighted by molar-refractivity contribution is -0.127. The first-order chi connectivity index (χ1) is 6.63. The van der Waals surface area contributed by atoms with Crippen LogP contribution in [0.25, 0.3) is 0 Å². The highest BCUT2D eigenvalue weighted by Gasteiger charge is 2.45. The molecule has 14 heavy (non-hydrogen) atoms. The van der Waals surface area contributed by atoms with Crippen molar-refractivity contribution < 1.29 is 4.79 Å². The first-order valence-corrected chi connectivity index (χ1v) is 5.82. The van der Waals surface area contributed by atoms with E-state index < -0.39 is 0 Å². The molecule has 1 heteroatoms. The summed E-state index contributed by atoms with van der Waals surface area (Å²) in [6.07, 6.45) is 5.88. The minimum atomic E-state index is 0.230. The molecule has 0 aromatic heterocycles. The summed E-state index contributed by atoms with van der Waals surface area (Å²) in [7, 11) is 0. The Hall–Kier alpha value is -0.590. The van der Waals surface area contributed by atoms with Crippen molar-refractivity contribution in [2.75, 3.05) is 0 Å². The maximum atomic E-state index is 11.9. The molecule has 2 fully saturated rings. The van der Waals surface area contributed by atoms with Crippen LogP contribution in [0.4, 0.5) is 0 Å². The van der Waals surface area contributed by atoms with Gasteiger partial charge in [0.2, 0.25) is 0 Å². The van der Waals surface area contributed by atoms with Gasteiger partial charge in [0.05, 0.1) is 0 Å². The fourth-order valence-electron chi connectivity index (χ4n) is 3.25. The zero-order chi connectivity index (χ0) is 10.3. The van der Waals surface area contributed by atoms with Crippen LogP contribution in [0.15, 0.2) is 11.6 Å². The molecular weight excluding hydrogens is 172 g/mol. The fourth-order valence-corrected chi connectivity index (χ4v) is 3.25. The Labute approximate surface area is 86.6 Å². The molecule has 0 aromatic rings. The SMILES string of the molecule is CC=C1CC2CC1CC2C(=O)C(C)C. The monoisotopic (exact) mass is 192 g/mol. The van der Waals surface area contributed by atoms with Gasteiger partial charge in [-0.3, -0.25) is 4.79 Å². The third-order valence-electron chi connectivity index (χ3n) is 4.02. The van der Waals surface area contributed by atoms with Crippen LogP contribution in [0.3, 0.4) is 0 Å². The van der Waals surface area contributed by atoms with Crippen molar-refractivity contribution in [1.82, 2.24) is 0 Å². The van der Waals surface area contributed by atoms with E-state index in [4.69, 9.17) is 0 Å². The summed E-state index contributed by atoms with van der Waals surface area (Å²) >= 11 is 0. The van der Waals surface area contributed by atoms with Gasteiger partial charge in [-0.05, 0) is 38.0 Å². The Morgan fingerprint density at radius 1 is 1.43 bits per heavy atom. The van der Waals surface area contributed by atoms with Crippen molar-refractivity contribution in [2.45, 2.75) is 40.0 Å². The van der Waals surface area contributed by atoms with Crippen LogP contribution in [0.1, 0.15) is 40.0 Å². The van der Waals surface area contributed by atoms with Crippen LogP contribution >= 0.6 is 0 Å². The summed E-state index contributed by atoms with van der Waals surface area (Å²) in [5, 5.41) is 0. The van der Waals surface area contributed by atoms with Gasteiger partial charge in [0, 0.05) is 11.8 Å². The molecule has 3 unspecified atom stereocenters. The second-order valence-corrected chi connectivity index (χ2v) is 5.16. The number of carbonyl (C=O) groups excluding carboxylic acids is 1. The molecule has 2 bridgehead atoms. The number of hydrogen-bond donors (Lipinski definition) is 0. The largest absolute Gasteiger partial charge is 0.299 e. The summed E-state index contributed by atoms with van der Waals surface area (Å²) in [6.45, 7) is 6.20. The van der Waals surface area contributed by atoms with Crippen molar-refractivity contribution in [3.05, 3.63) is 11.6 Å². The van der Waals surface area contributed by atoms with E-state index in [1.165, 1.54) is 12.8 Å². The van der Waals surface area contributed by atoms with Gasteiger partial charge in [0.15, 0.2) is 0 Å². The lowest BCUT2D eigenvalue weighted by Crippen LogP contribution is -2.25. The minimum absolute atomic E-state index is 0.230. The number of rotatable bonds is 2. The highest BCUT2D eigenvalue weighted by atomic mass is 16.1. The Morgan fingerprint density at radius 3 is 2.57 bits per heavy atom.